The van der Waals surface area contributed by atoms with Gasteiger partial charge in [-0.25, -0.2) is 14.2 Å². The van der Waals surface area contributed by atoms with Crippen LogP contribution >= 0.6 is 11.3 Å². The molecule has 1 fully saturated rings. The van der Waals surface area contributed by atoms with Crippen LogP contribution in [0.2, 0.25) is 0 Å². The van der Waals surface area contributed by atoms with E-state index in [0.717, 1.165) is 29.7 Å². The number of aliphatic hydroxyl groups excluding tert-OH is 2. The van der Waals surface area contributed by atoms with Gasteiger partial charge in [-0.05, 0) is 70.1 Å². The van der Waals surface area contributed by atoms with E-state index in [1.54, 1.807) is 19.9 Å². The molecule has 1 aromatic carbocycles. The number of carboxylic acid groups (broad SMARTS) is 1. The molecule has 12 heteroatoms. The number of carbonyl (C=O) groups is 2. The van der Waals surface area contributed by atoms with Crippen LogP contribution in [0.15, 0.2) is 27.8 Å². The van der Waals surface area contributed by atoms with E-state index in [0.29, 0.717) is 40.8 Å². The lowest BCUT2D eigenvalue weighted by molar-refractivity contribution is -0.146. The second-order valence-corrected chi connectivity index (χ2v) is 12.0. The number of ether oxygens (including phenoxy) is 1. The summed E-state index contributed by atoms with van der Waals surface area (Å²) >= 11 is 0.949. The van der Waals surface area contributed by atoms with Crippen LogP contribution in [0.5, 0.6) is 5.75 Å². The number of amides is 1. The van der Waals surface area contributed by atoms with E-state index in [-0.39, 0.29) is 27.6 Å². The Bertz CT molecular complexity index is 1600. The molecule has 0 spiro atoms. The zero-order valence-electron chi connectivity index (χ0n) is 23.9. The highest BCUT2D eigenvalue weighted by molar-refractivity contribution is 7.20. The van der Waals surface area contributed by atoms with E-state index < -0.39 is 40.9 Å². The van der Waals surface area contributed by atoms with Crippen molar-refractivity contribution in [2.45, 2.75) is 83.6 Å². The molecule has 0 radical (unpaired) electrons. The fourth-order valence-corrected chi connectivity index (χ4v) is 6.93. The largest absolute Gasteiger partial charge is 0.496 e. The maximum atomic E-state index is 13.9. The Morgan fingerprint density at radius 1 is 1.24 bits per heavy atom. The van der Waals surface area contributed by atoms with Gasteiger partial charge < -0.3 is 25.4 Å². The van der Waals surface area contributed by atoms with E-state index in [2.05, 4.69) is 5.32 Å². The number of rotatable bonds is 9. The Morgan fingerprint density at radius 3 is 2.56 bits per heavy atom. The molecule has 1 saturated carbocycles. The lowest BCUT2D eigenvalue weighted by Crippen LogP contribution is -2.52. The van der Waals surface area contributed by atoms with Gasteiger partial charge in [-0.3, -0.25) is 14.2 Å². The number of fused-ring (bicyclic) bond motifs is 1. The van der Waals surface area contributed by atoms with Crippen LogP contribution in [0.3, 0.4) is 0 Å². The first-order chi connectivity index (χ1) is 19.3. The Morgan fingerprint density at radius 2 is 1.95 bits per heavy atom. The SMILES string of the molecule is CCNC(=O)c1sc2c(c1C)c(=O)n(C(C)(C)C(=O)O)c(=O)n2C[C@H](O)c1c(OC)cccc1C1CCC[C@H](O)C1. The lowest BCUT2D eigenvalue weighted by Gasteiger charge is -2.30. The molecule has 2 aromatic heterocycles. The molecule has 0 bridgehead atoms. The van der Waals surface area contributed by atoms with Gasteiger partial charge in [0.15, 0.2) is 0 Å². The molecule has 0 saturated heterocycles. The number of hydrogen-bond donors (Lipinski definition) is 4. The van der Waals surface area contributed by atoms with Crippen LogP contribution in [0.4, 0.5) is 0 Å². The van der Waals surface area contributed by atoms with Gasteiger partial charge in [0, 0.05) is 12.1 Å². The standard InChI is InChI=1S/C29H37N3O8S/c1-6-30-24(35)23-15(2)21-25(36)32(29(3,4)27(37)38)28(39)31(26(21)41-23)14-19(34)22-18(11-8-12-20(22)40-5)16-9-7-10-17(33)13-16/h8,11-12,16-17,19,33-34H,6-7,9-10,13-14H2,1-5H3,(H,30,35)(H,37,38)/t16?,17-,19-/m0/s1. The molecule has 3 atom stereocenters. The van der Waals surface area contributed by atoms with Crippen molar-refractivity contribution < 1.29 is 29.6 Å². The first-order valence-corrected chi connectivity index (χ1v) is 14.5. The number of aromatic nitrogens is 2. The third-order valence-corrected chi connectivity index (χ3v) is 9.25. The molecule has 2 heterocycles. The summed E-state index contributed by atoms with van der Waals surface area (Å²) in [6, 6.07) is 5.39. The number of thiophene rings is 1. The maximum absolute atomic E-state index is 13.9. The Labute approximate surface area is 241 Å². The zero-order valence-corrected chi connectivity index (χ0v) is 24.7. The van der Waals surface area contributed by atoms with E-state index >= 15 is 0 Å². The monoisotopic (exact) mass is 587 g/mol. The van der Waals surface area contributed by atoms with Crippen LogP contribution in [-0.4, -0.2) is 56.1 Å². The van der Waals surface area contributed by atoms with Gasteiger partial charge in [0.05, 0.1) is 30.0 Å². The minimum atomic E-state index is -1.91. The molecule has 0 aliphatic heterocycles. The molecular formula is C29H37N3O8S. The molecule has 4 rings (SSSR count). The topological polar surface area (TPSA) is 160 Å². The molecule has 4 N–H and O–H groups in total. The minimum absolute atomic E-state index is 0.0385. The normalized spacial score (nSPS) is 18.3. The second-order valence-electron chi connectivity index (χ2n) is 11.0. The molecule has 3 aromatic rings. The van der Waals surface area contributed by atoms with Gasteiger partial charge in [0.2, 0.25) is 0 Å². The fourth-order valence-electron chi connectivity index (χ4n) is 5.72. The molecule has 11 nitrogen and oxygen atoms in total. The summed E-state index contributed by atoms with van der Waals surface area (Å²) in [5.74, 6) is -1.44. The summed E-state index contributed by atoms with van der Waals surface area (Å²) in [5.41, 5.74) is -2.06. The van der Waals surface area contributed by atoms with Crippen LogP contribution in [0, 0.1) is 6.92 Å². The molecular weight excluding hydrogens is 550 g/mol. The van der Waals surface area contributed by atoms with E-state index in [1.165, 1.54) is 25.5 Å². The van der Waals surface area contributed by atoms with E-state index in [1.807, 2.05) is 12.1 Å². The Kier molecular flexibility index (Phi) is 8.76. The Balaban J connectivity index is 1.96. The highest BCUT2D eigenvalue weighted by Gasteiger charge is 2.36. The number of carbonyl (C=O) groups excluding carboxylic acids is 1. The van der Waals surface area contributed by atoms with Crippen molar-refractivity contribution >= 4 is 33.4 Å². The summed E-state index contributed by atoms with van der Waals surface area (Å²) < 4.78 is 7.45. The molecule has 1 unspecified atom stereocenters. The number of aryl methyl sites for hydroxylation is 1. The summed E-state index contributed by atoms with van der Waals surface area (Å²) in [5, 5.41) is 34.7. The lowest BCUT2D eigenvalue weighted by atomic mass is 9.79. The first kappa shape index (κ1) is 30.5. The smallest absolute Gasteiger partial charge is 0.333 e. The average Bonchev–Trinajstić information content (AvgIpc) is 3.27. The van der Waals surface area contributed by atoms with Crippen molar-refractivity contribution in [3.8, 4) is 5.75 Å². The summed E-state index contributed by atoms with van der Waals surface area (Å²) in [6.45, 7) is 5.86. The summed E-state index contributed by atoms with van der Waals surface area (Å²) in [6.07, 6.45) is 1.11. The van der Waals surface area contributed by atoms with Crippen molar-refractivity contribution in [1.29, 1.82) is 0 Å². The fraction of sp³-hybridized carbons (Fsp3) is 0.517. The number of hydrogen-bond acceptors (Lipinski definition) is 8. The molecule has 222 valence electrons. The average molecular weight is 588 g/mol. The van der Waals surface area contributed by atoms with Crippen molar-refractivity contribution in [2.24, 2.45) is 0 Å². The van der Waals surface area contributed by atoms with Crippen LogP contribution in [0.1, 0.15) is 84.8 Å². The molecule has 1 aliphatic rings. The number of methoxy groups -OCH3 is 1. The number of aliphatic hydroxyl groups is 2. The zero-order chi connectivity index (χ0) is 30.2. The van der Waals surface area contributed by atoms with Gasteiger partial charge in [-0.15, -0.1) is 11.3 Å². The van der Waals surface area contributed by atoms with Gasteiger partial charge in [-0.2, -0.15) is 0 Å². The van der Waals surface area contributed by atoms with Gasteiger partial charge in [-0.1, -0.05) is 18.6 Å². The van der Waals surface area contributed by atoms with Crippen molar-refractivity contribution in [3.05, 3.63) is 60.6 Å². The summed E-state index contributed by atoms with van der Waals surface area (Å²) in [7, 11) is 1.48. The van der Waals surface area contributed by atoms with Crippen molar-refractivity contribution in [1.82, 2.24) is 14.5 Å². The van der Waals surface area contributed by atoms with Gasteiger partial charge >= 0.3 is 11.7 Å². The third kappa shape index (κ3) is 5.43. The minimum Gasteiger partial charge on any atom is -0.496 e. The molecule has 1 amide bonds. The predicted molar refractivity (Wildman–Crippen MR) is 155 cm³/mol. The van der Waals surface area contributed by atoms with Gasteiger partial charge in [0.25, 0.3) is 11.5 Å². The first-order valence-electron chi connectivity index (χ1n) is 13.7. The highest BCUT2D eigenvalue weighted by Crippen LogP contribution is 2.41. The van der Waals surface area contributed by atoms with Crippen LogP contribution < -0.4 is 21.3 Å². The van der Waals surface area contributed by atoms with Crippen LogP contribution in [-0.2, 0) is 16.9 Å². The third-order valence-electron chi connectivity index (χ3n) is 7.93. The highest BCUT2D eigenvalue weighted by atomic mass is 32.1. The molecule has 1 aliphatic carbocycles. The number of nitrogens with zero attached hydrogens (tertiary/aromatic N) is 2. The van der Waals surface area contributed by atoms with E-state index in [9.17, 15) is 34.5 Å². The predicted octanol–water partition coefficient (Wildman–Crippen LogP) is 2.86. The number of carboxylic acids is 1. The Hall–Kier alpha value is -3.48. The number of aliphatic carboxylic acids is 1. The van der Waals surface area contributed by atoms with Crippen molar-refractivity contribution in [2.75, 3.05) is 13.7 Å². The number of benzene rings is 1. The van der Waals surface area contributed by atoms with E-state index in [4.69, 9.17) is 4.74 Å². The van der Waals surface area contributed by atoms with Crippen molar-refractivity contribution in [3.63, 3.8) is 0 Å². The molecule has 41 heavy (non-hydrogen) atoms. The van der Waals surface area contributed by atoms with Gasteiger partial charge in [0.1, 0.15) is 22.2 Å². The van der Waals surface area contributed by atoms with Crippen LogP contribution in [0.25, 0.3) is 10.2 Å². The summed E-state index contributed by atoms with van der Waals surface area (Å²) in [4.78, 5) is 53.0. The maximum Gasteiger partial charge on any atom is 0.333 e. The second kappa shape index (κ2) is 11.8. The quantitative estimate of drug-likeness (QED) is 0.297. The number of nitrogens with one attached hydrogen (secondary N) is 1.